The van der Waals surface area contributed by atoms with E-state index in [1.54, 1.807) is 24.1 Å². The number of carbonyl (C=O) groups excluding carboxylic acids is 1. The topological polar surface area (TPSA) is 67.3 Å². The van der Waals surface area contributed by atoms with E-state index < -0.39 is 0 Å². The summed E-state index contributed by atoms with van der Waals surface area (Å²) in [6, 6.07) is 1.70. The van der Waals surface area contributed by atoms with Crippen LogP contribution in [-0.2, 0) is 9.53 Å². The first kappa shape index (κ1) is 12.2. The van der Waals surface area contributed by atoms with Crippen LogP contribution in [0.1, 0.15) is 6.92 Å². The normalized spacial score (nSPS) is 9.69. The lowest BCUT2D eigenvalue weighted by Crippen LogP contribution is -2.18. The predicted molar refractivity (Wildman–Crippen MR) is 61.5 cm³/mol. The molecule has 1 aromatic heterocycles. The minimum absolute atomic E-state index is 0.109. The molecule has 1 rings (SSSR count). The molecule has 1 aromatic rings. The molecule has 6 heteroatoms. The summed E-state index contributed by atoms with van der Waals surface area (Å²) in [7, 11) is 3.70. The molecular weight excluding hydrogens is 208 g/mol. The predicted octanol–water partition coefficient (Wildman–Crippen LogP) is 0.518. The zero-order chi connectivity index (χ0) is 12.0. The second-order valence-electron chi connectivity index (χ2n) is 3.29. The van der Waals surface area contributed by atoms with Gasteiger partial charge in [0.05, 0.1) is 6.61 Å². The molecule has 0 aliphatic rings. The molecule has 16 heavy (non-hydrogen) atoms. The molecule has 6 nitrogen and oxygen atoms in total. The fourth-order valence-electron chi connectivity index (χ4n) is 1.04. The summed E-state index contributed by atoms with van der Waals surface area (Å²) in [5.41, 5.74) is 0. The molecule has 0 fully saturated rings. The Hall–Kier alpha value is -1.85. The van der Waals surface area contributed by atoms with Crippen LogP contribution in [0, 0.1) is 0 Å². The van der Waals surface area contributed by atoms with Gasteiger partial charge < -0.3 is 15.0 Å². The highest BCUT2D eigenvalue weighted by Gasteiger charge is 2.04. The molecule has 1 N–H and O–H groups in total. The van der Waals surface area contributed by atoms with Crippen molar-refractivity contribution in [1.82, 2.24) is 9.97 Å². The number of hydrogen-bond donors (Lipinski definition) is 1. The molecule has 0 aromatic carbocycles. The Morgan fingerprint density at radius 1 is 1.56 bits per heavy atom. The van der Waals surface area contributed by atoms with E-state index in [-0.39, 0.29) is 12.5 Å². The van der Waals surface area contributed by atoms with Crippen LogP contribution in [0.3, 0.4) is 0 Å². The largest absolute Gasteiger partial charge is 0.465 e. The van der Waals surface area contributed by atoms with Gasteiger partial charge >= 0.3 is 5.97 Å². The monoisotopic (exact) mass is 224 g/mol. The third-order valence-corrected chi connectivity index (χ3v) is 1.76. The summed E-state index contributed by atoms with van der Waals surface area (Å²) in [4.78, 5) is 21.1. The van der Waals surface area contributed by atoms with E-state index in [1.165, 1.54) is 0 Å². The van der Waals surface area contributed by atoms with Crippen molar-refractivity contribution in [2.75, 3.05) is 37.5 Å². The van der Waals surface area contributed by atoms with E-state index >= 15 is 0 Å². The second kappa shape index (κ2) is 5.89. The number of hydrogen-bond acceptors (Lipinski definition) is 6. The maximum atomic E-state index is 11.1. The molecule has 0 atom stereocenters. The lowest BCUT2D eigenvalue weighted by molar-refractivity contribution is -0.140. The first-order chi connectivity index (χ1) is 7.63. The SMILES string of the molecule is CCOC(=O)CNc1ccnc(N(C)C)n1. The Kier molecular flexibility index (Phi) is 4.50. The Balaban J connectivity index is 2.54. The highest BCUT2D eigenvalue weighted by atomic mass is 16.5. The average molecular weight is 224 g/mol. The summed E-state index contributed by atoms with van der Waals surface area (Å²) in [6.45, 7) is 2.26. The lowest BCUT2D eigenvalue weighted by Gasteiger charge is -2.11. The second-order valence-corrected chi connectivity index (χ2v) is 3.29. The number of carbonyl (C=O) groups is 1. The number of nitrogens with zero attached hydrogens (tertiary/aromatic N) is 3. The van der Waals surface area contributed by atoms with Gasteiger partial charge in [-0.05, 0) is 13.0 Å². The molecule has 0 aliphatic heterocycles. The molecule has 0 aliphatic carbocycles. The Labute approximate surface area is 94.6 Å². The number of esters is 1. The average Bonchev–Trinajstić information content (AvgIpc) is 2.27. The van der Waals surface area contributed by atoms with Gasteiger partial charge in [-0.3, -0.25) is 4.79 Å². The smallest absolute Gasteiger partial charge is 0.325 e. The summed E-state index contributed by atoms with van der Waals surface area (Å²) in [6.07, 6.45) is 1.63. The van der Waals surface area contributed by atoms with Gasteiger partial charge in [-0.1, -0.05) is 0 Å². The van der Waals surface area contributed by atoms with Crippen LogP contribution in [0.5, 0.6) is 0 Å². The Bertz CT molecular complexity index is 354. The van der Waals surface area contributed by atoms with E-state index in [9.17, 15) is 4.79 Å². The van der Waals surface area contributed by atoms with Gasteiger partial charge in [0, 0.05) is 20.3 Å². The molecule has 1 heterocycles. The van der Waals surface area contributed by atoms with Crippen molar-refractivity contribution in [2.45, 2.75) is 6.92 Å². The van der Waals surface area contributed by atoms with Gasteiger partial charge in [-0.25, -0.2) is 4.98 Å². The third-order valence-electron chi connectivity index (χ3n) is 1.76. The summed E-state index contributed by atoms with van der Waals surface area (Å²) in [5, 5.41) is 2.87. The molecule has 0 saturated heterocycles. The highest BCUT2D eigenvalue weighted by molar-refractivity contribution is 5.74. The molecule has 88 valence electrons. The first-order valence-corrected chi connectivity index (χ1v) is 5.03. The van der Waals surface area contributed by atoms with E-state index in [1.807, 2.05) is 14.1 Å². The molecule has 0 unspecified atom stereocenters. The van der Waals surface area contributed by atoms with Crippen LogP contribution in [0.25, 0.3) is 0 Å². The molecule has 0 amide bonds. The van der Waals surface area contributed by atoms with Crippen molar-refractivity contribution in [3.8, 4) is 0 Å². The Morgan fingerprint density at radius 2 is 2.31 bits per heavy atom. The van der Waals surface area contributed by atoms with Crippen molar-refractivity contribution in [3.05, 3.63) is 12.3 Å². The zero-order valence-electron chi connectivity index (χ0n) is 9.73. The van der Waals surface area contributed by atoms with Gasteiger partial charge in [0.15, 0.2) is 0 Å². The van der Waals surface area contributed by atoms with Gasteiger partial charge in [-0.15, -0.1) is 0 Å². The fourth-order valence-corrected chi connectivity index (χ4v) is 1.04. The lowest BCUT2D eigenvalue weighted by atomic mass is 10.5. The van der Waals surface area contributed by atoms with Crippen LogP contribution in [-0.4, -0.2) is 43.2 Å². The van der Waals surface area contributed by atoms with Crippen molar-refractivity contribution >= 4 is 17.7 Å². The van der Waals surface area contributed by atoms with E-state index in [4.69, 9.17) is 4.74 Å². The summed E-state index contributed by atoms with van der Waals surface area (Å²) in [5.74, 6) is 0.896. The maximum Gasteiger partial charge on any atom is 0.325 e. The zero-order valence-corrected chi connectivity index (χ0v) is 9.73. The molecule has 0 saturated carbocycles. The van der Waals surface area contributed by atoms with Crippen LogP contribution in [0.4, 0.5) is 11.8 Å². The molecule has 0 radical (unpaired) electrons. The maximum absolute atomic E-state index is 11.1. The highest BCUT2D eigenvalue weighted by Crippen LogP contribution is 2.07. The standard InChI is InChI=1S/C10H16N4O2/c1-4-16-9(15)7-12-8-5-6-11-10(13-8)14(2)3/h5-6H,4,7H2,1-3H3,(H,11,12,13). The van der Waals surface area contributed by atoms with E-state index in [0.29, 0.717) is 18.4 Å². The third kappa shape index (κ3) is 3.72. The van der Waals surface area contributed by atoms with Crippen LogP contribution in [0.15, 0.2) is 12.3 Å². The van der Waals surface area contributed by atoms with Crippen LogP contribution in [0.2, 0.25) is 0 Å². The van der Waals surface area contributed by atoms with Crippen molar-refractivity contribution in [2.24, 2.45) is 0 Å². The van der Waals surface area contributed by atoms with Gasteiger partial charge in [0.2, 0.25) is 5.95 Å². The molecule has 0 bridgehead atoms. The van der Waals surface area contributed by atoms with Gasteiger partial charge in [0.25, 0.3) is 0 Å². The van der Waals surface area contributed by atoms with Crippen molar-refractivity contribution in [3.63, 3.8) is 0 Å². The van der Waals surface area contributed by atoms with Crippen LogP contribution >= 0.6 is 0 Å². The van der Waals surface area contributed by atoms with Gasteiger partial charge in [0.1, 0.15) is 12.4 Å². The minimum Gasteiger partial charge on any atom is -0.465 e. The number of ether oxygens (including phenoxy) is 1. The van der Waals surface area contributed by atoms with Gasteiger partial charge in [-0.2, -0.15) is 4.98 Å². The molecule has 0 spiro atoms. The Morgan fingerprint density at radius 3 is 2.94 bits per heavy atom. The van der Waals surface area contributed by atoms with Crippen molar-refractivity contribution in [1.29, 1.82) is 0 Å². The van der Waals surface area contributed by atoms with Crippen molar-refractivity contribution < 1.29 is 9.53 Å². The number of nitrogens with one attached hydrogen (secondary N) is 1. The van der Waals surface area contributed by atoms with E-state index in [2.05, 4.69) is 15.3 Å². The quantitative estimate of drug-likeness (QED) is 0.735. The fraction of sp³-hybridized carbons (Fsp3) is 0.500. The van der Waals surface area contributed by atoms with Crippen LogP contribution < -0.4 is 10.2 Å². The minimum atomic E-state index is -0.299. The first-order valence-electron chi connectivity index (χ1n) is 5.03. The number of anilines is 2. The number of aromatic nitrogens is 2. The summed E-state index contributed by atoms with van der Waals surface area (Å²) >= 11 is 0. The van der Waals surface area contributed by atoms with E-state index in [0.717, 1.165) is 0 Å². The molecular formula is C10H16N4O2. The summed E-state index contributed by atoms with van der Waals surface area (Å²) < 4.78 is 4.79. The number of rotatable bonds is 5.